The van der Waals surface area contributed by atoms with E-state index in [9.17, 15) is 27.1 Å². The molecular formula is C17H14F5N5O. The fourth-order valence-electron chi connectivity index (χ4n) is 3.07. The maximum atomic E-state index is 14.5. The highest BCUT2D eigenvalue weighted by Crippen LogP contribution is 2.43. The van der Waals surface area contributed by atoms with E-state index >= 15 is 0 Å². The molecule has 3 rings (SSSR count). The molecule has 6 nitrogen and oxygen atoms in total. The monoisotopic (exact) mass is 399 g/mol. The van der Waals surface area contributed by atoms with Gasteiger partial charge in [0.15, 0.2) is 5.82 Å². The van der Waals surface area contributed by atoms with Crippen LogP contribution in [0.4, 0.5) is 22.0 Å². The number of hydrogen-bond acceptors (Lipinski definition) is 5. The van der Waals surface area contributed by atoms with Crippen LogP contribution < -0.4 is 0 Å². The van der Waals surface area contributed by atoms with E-state index in [1.807, 2.05) is 0 Å². The van der Waals surface area contributed by atoms with Gasteiger partial charge in [-0.3, -0.25) is 0 Å². The quantitative estimate of drug-likeness (QED) is 0.619. The predicted molar refractivity (Wildman–Crippen MR) is 85.6 cm³/mol. The van der Waals surface area contributed by atoms with E-state index in [4.69, 9.17) is 0 Å². The van der Waals surface area contributed by atoms with E-state index in [-0.39, 0.29) is 0 Å². The van der Waals surface area contributed by atoms with E-state index in [1.54, 1.807) is 0 Å². The van der Waals surface area contributed by atoms with Crippen LogP contribution in [-0.4, -0.2) is 36.3 Å². The molecule has 0 aliphatic heterocycles. The Morgan fingerprint density at radius 2 is 1.86 bits per heavy atom. The third kappa shape index (κ3) is 3.98. The molecule has 0 saturated carbocycles. The molecule has 0 amide bonds. The first-order valence-electron chi connectivity index (χ1n) is 8.05. The van der Waals surface area contributed by atoms with Gasteiger partial charge in [-0.25, -0.2) is 41.6 Å². The van der Waals surface area contributed by atoms with Crippen molar-refractivity contribution in [1.29, 1.82) is 0 Å². The van der Waals surface area contributed by atoms with Gasteiger partial charge >= 0.3 is 0 Å². The first-order chi connectivity index (χ1) is 13.3. The number of hydrogen-bond donors (Lipinski definition) is 1. The van der Waals surface area contributed by atoms with Crippen molar-refractivity contribution >= 4 is 0 Å². The molecule has 2 heterocycles. The summed E-state index contributed by atoms with van der Waals surface area (Å²) < 4.78 is 69.9. The van der Waals surface area contributed by atoms with E-state index in [1.165, 1.54) is 6.33 Å². The van der Waals surface area contributed by atoms with Crippen molar-refractivity contribution in [3.63, 3.8) is 0 Å². The zero-order valence-electron chi connectivity index (χ0n) is 14.2. The van der Waals surface area contributed by atoms with Gasteiger partial charge < -0.3 is 5.11 Å². The number of halogens is 5. The summed E-state index contributed by atoms with van der Waals surface area (Å²) in [6.07, 6.45) is -0.0662. The summed E-state index contributed by atoms with van der Waals surface area (Å²) in [5.74, 6) is -4.85. The molecule has 148 valence electrons. The topological polar surface area (TPSA) is 76.7 Å². The summed E-state index contributed by atoms with van der Waals surface area (Å²) in [7, 11) is 0. The minimum Gasteiger partial charge on any atom is -0.382 e. The number of alkyl halides is 2. The van der Waals surface area contributed by atoms with Crippen LogP contribution in [0, 0.1) is 17.5 Å². The van der Waals surface area contributed by atoms with Crippen molar-refractivity contribution in [3.05, 3.63) is 72.1 Å². The summed E-state index contributed by atoms with van der Waals surface area (Å²) in [5, 5.41) is 15.2. The molecular weight excluding hydrogens is 385 g/mol. The Morgan fingerprint density at radius 1 is 1.07 bits per heavy atom. The lowest BCUT2D eigenvalue weighted by Crippen LogP contribution is -2.41. The van der Waals surface area contributed by atoms with Crippen molar-refractivity contribution in [1.82, 2.24) is 24.7 Å². The summed E-state index contributed by atoms with van der Waals surface area (Å²) in [6, 6.07) is 2.27. The first kappa shape index (κ1) is 19.8. The zero-order valence-corrected chi connectivity index (χ0v) is 14.2. The van der Waals surface area contributed by atoms with Gasteiger partial charge in [-0.05, 0) is 6.07 Å². The lowest BCUT2D eigenvalue weighted by atomic mass is 9.76. The number of nitrogens with zero attached hydrogens (tertiary/aromatic N) is 5. The van der Waals surface area contributed by atoms with Gasteiger partial charge in [0.2, 0.25) is 6.43 Å². The van der Waals surface area contributed by atoms with Crippen molar-refractivity contribution < 1.29 is 27.1 Å². The van der Waals surface area contributed by atoms with Crippen molar-refractivity contribution in [2.75, 3.05) is 0 Å². The third-order valence-electron chi connectivity index (χ3n) is 4.28. The standard InChI is InChI=1S/C17H14F5N5O/c18-10-1-2-11(13(19)3-10)17(28,6-27-9-24-8-26-27)12(4-15(21)22)16-14(20)5-23-7-25-16/h1-3,5,7-9,12,15,28H,4,6H2/t12-,17-/m0/s1. The van der Waals surface area contributed by atoms with Crippen LogP contribution in [0.2, 0.25) is 0 Å². The lowest BCUT2D eigenvalue weighted by molar-refractivity contribution is -0.0376. The summed E-state index contributed by atoms with van der Waals surface area (Å²) in [4.78, 5) is 10.8. The molecule has 0 aliphatic carbocycles. The third-order valence-corrected chi connectivity index (χ3v) is 4.28. The summed E-state index contributed by atoms with van der Waals surface area (Å²) in [6.45, 7) is -0.559. The molecule has 1 aromatic carbocycles. The maximum Gasteiger partial charge on any atom is 0.239 e. The number of aliphatic hydroxyl groups is 1. The van der Waals surface area contributed by atoms with Crippen LogP contribution in [0.3, 0.4) is 0 Å². The Kier molecular flexibility index (Phi) is 5.63. The minimum atomic E-state index is -2.98. The molecule has 0 saturated heterocycles. The summed E-state index contributed by atoms with van der Waals surface area (Å²) in [5.41, 5.74) is -3.48. The highest BCUT2D eigenvalue weighted by molar-refractivity contribution is 5.30. The highest BCUT2D eigenvalue weighted by Gasteiger charge is 2.45. The molecule has 0 unspecified atom stereocenters. The van der Waals surface area contributed by atoms with Crippen LogP contribution >= 0.6 is 0 Å². The maximum absolute atomic E-state index is 14.5. The van der Waals surface area contributed by atoms with E-state index in [0.717, 1.165) is 35.7 Å². The van der Waals surface area contributed by atoms with E-state index in [2.05, 4.69) is 20.1 Å². The molecule has 0 bridgehead atoms. The second kappa shape index (κ2) is 7.97. The van der Waals surface area contributed by atoms with Crippen molar-refractivity contribution in [2.45, 2.75) is 30.9 Å². The van der Waals surface area contributed by atoms with Crippen LogP contribution in [0.25, 0.3) is 0 Å². The van der Waals surface area contributed by atoms with Gasteiger partial charge in [0.05, 0.1) is 18.4 Å². The predicted octanol–water partition coefficient (Wildman–Crippen LogP) is 2.81. The molecule has 2 aromatic heterocycles. The molecule has 0 aliphatic rings. The summed E-state index contributed by atoms with van der Waals surface area (Å²) >= 11 is 0. The van der Waals surface area contributed by atoms with Gasteiger partial charge in [-0.1, -0.05) is 6.07 Å². The average molecular weight is 399 g/mol. The number of benzene rings is 1. The fourth-order valence-corrected chi connectivity index (χ4v) is 3.07. The zero-order chi connectivity index (χ0) is 20.3. The smallest absolute Gasteiger partial charge is 0.239 e. The SMILES string of the molecule is O[C@@](Cn1cncn1)(c1ccc(F)cc1F)[C@@H](CC(F)F)c1ncncc1F. The van der Waals surface area contributed by atoms with Crippen LogP contribution in [-0.2, 0) is 12.1 Å². The van der Waals surface area contributed by atoms with E-state index in [0.29, 0.717) is 6.07 Å². The largest absolute Gasteiger partial charge is 0.382 e. The van der Waals surface area contributed by atoms with Gasteiger partial charge in [0.25, 0.3) is 0 Å². The van der Waals surface area contributed by atoms with Crippen LogP contribution in [0.15, 0.2) is 43.4 Å². The average Bonchev–Trinajstić information content (AvgIpc) is 3.12. The number of rotatable bonds is 7. The normalized spacial score (nSPS) is 14.8. The second-order valence-corrected chi connectivity index (χ2v) is 6.08. The Labute approximate surface area is 155 Å². The highest BCUT2D eigenvalue weighted by atomic mass is 19.3. The van der Waals surface area contributed by atoms with Crippen LogP contribution in [0.1, 0.15) is 23.6 Å². The molecule has 11 heteroatoms. The van der Waals surface area contributed by atoms with E-state index < -0.39 is 59.6 Å². The Morgan fingerprint density at radius 3 is 2.46 bits per heavy atom. The van der Waals surface area contributed by atoms with Gasteiger partial charge in [-0.15, -0.1) is 0 Å². The molecule has 1 N–H and O–H groups in total. The lowest BCUT2D eigenvalue weighted by Gasteiger charge is -2.36. The van der Waals surface area contributed by atoms with Gasteiger partial charge in [0.1, 0.15) is 36.2 Å². The Bertz CT molecular complexity index is 939. The van der Waals surface area contributed by atoms with Crippen molar-refractivity contribution in [2.24, 2.45) is 0 Å². The van der Waals surface area contributed by atoms with Crippen molar-refractivity contribution in [3.8, 4) is 0 Å². The number of aromatic nitrogens is 5. The molecule has 3 aromatic rings. The van der Waals surface area contributed by atoms with Gasteiger partial charge in [-0.2, -0.15) is 5.10 Å². The second-order valence-electron chi connectivity index (χ2n) is 6.08. The molecule has 0 fully saturated rings. The molecule has 0 radical (unpaired) electrons. The molecule has 0 spiro atoms. The Balaban J connectivity index is 2.20. The first-order valence-corrected chi connectivity index (χ1v) is 8.05. The van der Waals surface area contributed by atoms with Crippen LogP contribution in [0.5, 0.6) is 0 Å². The van der Waals surface area contributed by atoms with Gasteiger partial charge in [0, 0.05) is 24.0 Å². The fraction of sp³-hybridized carbons (Fsp3) is 0.294. The Hall–Kier alpha value is -2.95. The molecule has 2 atom stereocenters. The molecule has 28 heavy (non-hydrogen) atoms. The minimum absolute atomic E-state index is 0.497.